The first-order valence-electron chi connectivity index (χ1n) is 11.7. The first-order chi connectivity index (χ1) is 18.0. The van der Waals surface area contributed by atoms with Gasteiger partial charge in [0.25, 0.3) is 0 Å². The number of alkyl halides is 3. The number of piperazine rings is 1. The molecule has 2 aliphatic heterocycles. The number of ether oxygens (including phenoxy) is 1. The standard InChI is InChI=1S/C21H26N8O2.C2HF3O2/c1-13-11-27(9-7-22-13)17-4-6-23-20-15(17)5-8-28(20)21(30)25-16-12-29-19(10-18(16)31-3)24-14(2)26-29;3-2(4,5)1(6)7/h4,6,10,12-13,22H,5,7-9,11H2,1-3H3,(H,25,30);(H,6,7)/t13-;/m1./s1. The van der Waals surface area contributed by atoms with E-state index in [9.17, 15) is 18.0 Å². The summed E-state index contributed by atoms with van der Waals surface area (Å²) in [6.07, 6.45) is -0.797. The molecule has 204 valence electrons. The Hall–Kier alpha value is -4.14. The van der Waals surface area contributed by atoms with Crippen LogP contribution in [0.5, 0.6) is 5.75 Å². The molecule has 15 heteroatoms. The fraction of sp³-hybridized carbons (Fsp3) is 0.435. The van der Waals surface area contributed by atoms with Crippen LogP contribution in [0.3, 0.4) is 0 Å². The molecule has 0 saturated carbocycles. The van der Waals surface area contributed by atoms with Gasteiger partial charge < -0.3 is 25.4 Å². The number of carboxylic acids is 1. The van der Waals surface area contributed by atoms with Gasteiger partial charge in [0.2, 0.25) is 0 Å². The number of urea groups is 1. The largest absolute Gasteiger partial charge is 0.494 e. The van der Waals surface area contributed by atoms with Gasteiger partial charge in [-0.05, 0) is 26.3 Å². The summed E-state index contributed by atoms with van der Waals surface area (Å²) in [7, 11) is 1.57. The molecule has 1 atom stereocenters. The number of amides is 2. The Labute approximate surface area is 215 Å². The van der Waals surface area contributed by atoms with Gasteiger partial charge in [-0.15, -0.1) is 0 Å². The van der Waals surface area contributed by atoms with E-state index in [2.05, 4.69) is 43.6 Å². The zero-order valence-corrected chi connectivity index (χ0v) is 20.9. The van der Waals surface area contributed by atoms with Crippen molar-refractivity contribution < 1.29 is 32.6 Å². The fourth-order valence-electron chi connectivity index (χ4n) is 4.38. The summed E-state index contributed by atoms with van der Waals surface area (Å²) in [6, 6.07) is 4.00. The molecular formula is C23H27F3N8O4. The van der Waals surface area contributed by atoms with Crippen LogP contribution in [0.15, 0.2) is 24.5 Å². The van der Waals surface area contributed by atoms with Crippen molar-refractivity contribution >= 4 is 34.8 Å². The van der Waals surface area contributed by atoms with Crippen molar-refractivity contribution in [1.82, 2.24) is 24.9 Å². The number of fused-ring (bicyclic) bond motifs is 2. The van der Waals surface area contributed by atoms with E-state index in [1.807, 2.05) is 6.92 Å². The number of aliphatic carboxylic acids is 1. The number of rotatable bonds is 3. The number of methoxy groups -OCH3 is 1. The lowest BCUT2D eigenvalue weighted by Gasteiger charge is -2.34. The van der Waals surface area contributed by atoms with Gasteiger partial charge in [0.15, 0.2) is 5.65 Å². The molecule has 2 aliphatic rings. The Morgan fingerprint density at radius 2 is 2.03 bits per heavy atom. The maximum Gasteiger partial charge on any atom is 0.490 e. The van der Waals surface area contributed by atoms with Crippen molar-refractivity contribution in [3.8, 4) is 5.75 Å². The van der Waals surface area contributed by atoms with Crippen LogP contribution >= 0.6 is 0 Å². The molecule has 3 aromatic rings. The van der Waals surface area contributed by atoms with Gasteiger partial charge in [-0.3, -0.25) is 4.90 Å². The van der Waals surface area contributed by atoms with Gasteiger partial charge in [-0.1, -0.05) is 0 Å². The van der Waals surface area contributed by atoms with Gasteiger partial charge in [-0.2, -0.15) is 18.3 Å². The Balaban J connectivity index is 0.000000426. The third-order valence-electron chi connectivity index (χ3n) is 6.05. The minimum atomic E-state index is -5.08. The highest BCUT2D eigenvalue weighted by Gasteiger charge is 2.38. The SMILES string of the molecule is COc1cc2nc(C)nn2cc1NC(=O)N1CCc2c(N3CCN[C@H](C)C3)ccnc21.O=C(O)C(F)(F)F. The third-order valence-corrected chi connectivity index (χ3v) is 6.05. The second-order valence-electron chi connectivity index (χ2n) is 8.79. The first-order valence-corrected chi connectivity index (χ1v) is 11.7. The van der Waals surface area contributed by atoms with Crippen molar-refractivity contribution in [1.29, 1.82) is 0 Å². The topological polar surface area (TPSA) is 137 Å². The summed E-state index contributed by atoms with van der Waals surface area (Å²) in [4.78, 5) is 35.0. The lowest BCUT2D eigenvalue weighted by molar-refractivity contribution is -0.192. The Bertz CT molecular complexity index is 1350. The smallest absolute Gasteiger partial charge is 0.490 e. The van der Waals surface area contributed by atoms with Crippen molar-refractivity contribution in [3.05, 3.63) is 35.9 Å². The van der Waals surface area contributed by atoms with Crippen LogP contribution in [0.25, 0.3) is 5.65 Å². The number of nitrogens with zero attached hydrogens (tertiary/aromatic N) is 6. The molecule has 0 aliphatic carbocycles. The molecule has 3 N–H and O–H groups in total. The number of pyridine rings is 2. The number of halogens is 3. The zero-order valence-electron chi connectivity index (χ0n) is 20.9. The number of hydrogen-bond donors (Lipinski definition) is 3. The second kappa shape index (κ2) is 10.7. The summed E-state index contributed by atoms with van der Waals surface area (Å²) in [5, 5.41) is 17.9. The minimum Gasteiger partial charge on any atom is -0.494 e. The zero-order chi connectivity index (χ0) is 27.6. The number of nitrogens with one attached hydrogen (secondary N) is 2. The molecule has 1 saturated heterocycles. The number of anilines is 3. The highest BCUT2D eigenvalue weighted by Crippen LogP contribution is 2.35. The van der Waals surface area contributed by atoms with Crippen molar-refractivity contribution in [2.24, 2.45) is 0 Å². The molecular weight excluding hydrogens is 509 g/mol. The highest BCUT2D eigenvalue weighted by atomic mass is 19.4. The van der Waals surface area contributed by atoms with E-state index in [4.69, 9.17) is 14.6 Å². The molecule has 1 fully saturated rings. The van der Waals surface area contributed by atoms with Crippen LogP contribution in [0.1, 0.15) is 18.3 Å². The average Bonchev–Trinajstić information content (AvgIpc) is 3.45. The molecule has 0 aromatic carbocycles. The summed E-state index contributed by atoms with van der Waals surface area (Å²) in [5.41, 5.74) is 3.49. The fourth-order valence-corrected chi connectivity index (χ4v) is 4.38. The van der Waals surface area contributed by atoms with Gasteiger partial charge in [0, 0.05) is 55.7 Å². The van der Waals surface area contributed by atoms with Gasteiger partial charge >= 0.3 is 18.2 Å². The predicted molar refractivity (Wildman–Crippen MR) is 132 cm³/mol. The summed E-state index contributed by atoms with van der Waals surface area (Å²) in [6.45, 7) is 7.43. The molecule has 38 heavy (non-hydrogen) atoms. The molecule has 12 nitrogen and oxygen atoms in total. The van der Waals surface area contributed by atoms with Crippen molar-refractivity contribution in [2.45, 2.75) is 32.5 Å². The number of carbonyl (C=O) groups is 2. The van der Waals surface area contributed by atoms with E-state index in [0.717, 1.165) is 37.4 Å². The Morgan fingerprint density at radius 3 is 2.68 bits per heavy atom. The number of carbonyl (C=O) groups excluding carboxylic acids is 1. The summed E-state index contributed by atoms with van der Waals surface area (Å²) >= 11 is 0. The molecule has 3 aromatic heterocycles. The number of aromatic nitrogens is 4. The highest BCUT2D eigenvalue weighted by molar-refractivity contribution is 6.03. The van der Waals surface area contributed by atoms with E-state index in [0.29, 0.717) is 35.5 Å². The van der Waals surface area contributed by atoms with Crippen LogP contribution in [0.2, 0.25) is 0 Å². The predicted octanol–water partition coefficient (Wildman–Crippen LogP) is 2.47. The Morgan fingerprint density at radius 1 is 1.29 bits per heavy atom. The van der Waals surface area contributed by atoms with E-state index < -0.39 is 12.1 Å². The van der Waals surface area contributed by atoms with Crippen LogP contribution in [0, 0.1) is 6.92 Å². The average molecular weight is 537 g/mol. The molecule has 5 heterocycles. The van der Waals surface area contributed by atoms with Crippen LogP contribution in [-0.2, 0) is 11.2 Å². The van der Waals surface area contributed by atoms with Crippen molar-refractivity contribution in [3.63, 3.8) is 0 Å². The molecule has 0 unspecified atom stereocenters. The van der Waals surface area contributed by atoms with Gasteiger partial charge in [0.05, 0.1) is 13.3 Å². The third kappa shape index (κ3) is 5.72. The molecule has 0 radical (unpaired) electrons. The lowest BCUT2D eigenvalue weighted by atomic mass is 10.1. The van der Waals surface area contributed by atoms with E-state index in [-0.39, 0.29) is 6.03 Å². The normalized spacial score (nSPS) is 17.1. The van der Waals surface area contributed by atoms with Crippen LogP contribution in [0.4, 0.5) is 35.2 Å². The monoisotopic (exact) mass is 536 g/mol. The maximum absolute atomic E-state index is 13.2. The minimum absolute atomic E-state index is 0.244. The van der Waals surface area contributed by atoms with Crippen LogP contribution in [-0.4, -0.2) is 82.2 Å². The number of carboxylic acid groups (broad SMARTS) is 1. The number of aryl methyl sites for hydroxylation is 1. The Kier molecular flexibility index (Phi) is 7.57. The maximum atomic E-state index is 13.2. The summed E-state index contributed by atoms with van der Waals surface area (Å²) < 4.78 is 38.8. The number of hydrogen-bond acceptors (Lipinski definition) is 8. The van der Waals surface area contributed by atoms with Crippen LogP contribution < -0.4 is 25.2 Å². The summed E-state index contributed by atoms with van der Waals surface area (Å²) in [5.74, 6) is -0.854. The molecule has 5 rings (SSSR count). The lowest BCUT2D eigenvalue weighted by Crippen LogP contribution is -2.49. The molecule has 0 spiro atoms. The molecule has 2 amide bonds. The molecule has 0 bridgehead atoms. The quantitative estimate of drug-likeness (QED) is 0.461. The van der Waals surface area contributed by atoms with Gasteiger partial charge in [-0.25, -0.2) is 24.1 Å². The first kappa shape index (κ1) is 26.9. The second-order valence-corrected chi connectivity index (χ2v) is 8.79. The van der Waals surface area contributed by atoms with Gasteiger partial charge in [0.1, 0.15) is 23.1 Å². The van der Waals surface area contributed by atoms with Crippen molar-refractivity contribution in [2.75, 3.05) is 48.4 Å². The van der Waals surface area contributed by atoms with E-state index in [1.54, 1.807) is 35.0 Å². The van der Waals surface area contributed by atoms with E-state index in [1.165, 1.54) is 5.69 Å². The van der Waals surface area contributed by atoms with E-state index >= 15 is 0 Å².